The van der Waals surface area contributed by atoms with Crippen LogP contribution in [0.2, 0.25) is 0 Å². The Kier molecular flexibility index (Phi) is 5.27. The van der Waals surface area contributed by atoms with Crippen molar-refractivity contribution < 1.29 is 27.8 Å². The molecule has 0 bridgehead atoms. The van der Waals surface area contributed by atoms with Crippen LogP contribution < -0.4 is 10.1 Å². The fraction of sp³-hybridized carbons (Fsp3) is 0.562. The first-order chi connectivity index (χ1) is 11.2. The number of amides is 2. The monoisotopic (exact) mass is 346 g/mol. The van der Waals surface area contributed by atoms with Gasteiger partial charge in [0.15, 0.2) is 5.60 Å². The molecule has 5 nitrogen and oxygen atoms in total. The van der Waals surface area contributed by atoms with Gasteiger partial charge in [-0.25, -0.2) is 4.79 Å². The second-order valence-corrected chi connectivity index (χ2v) is 5.87. The molecular formula is C16H21F3N2O3. The molecule has 1 heterocycles. The molecule has 2 N–H and O–H groups in total. The van der Waals surface area contributed by atoms with E-state index >= 15 is 0 Å². The number of halogens is 3. The molecule has 1 aliphatic rings. The maximum Gasteiger partial charge on any atom is 0.419 e. The van der Waals surface area contributed by atoms with Gasteiger partial charge < -0.3 is 20.1 Å². The zero-order valence-corrected chi connectivity index (χ0v) is 13.6. The number of alkyl halides is 3. The van der Waals surface area contributed by atoms with Crippen LogP contribution in [0.15, 0.2) is 24.3 Å². The molecule has 24 heavy (non-hydrogen) atoms. The summed E-state index contributed by atoms with van der Waals surface area (Å²) in [5.41, 5.74) is -2.02. The van der Waals surface area contributed by atoms with Crippen LogP contribution in [-0.4, -0.2) is 47.5 Å². The Hall–Kier alpha value is -1.96. The molecule has 0 aromatic heterocycles. The zero-order valence-electron chi connectivity index (χ0n) is 13.6. The first-order valence-corrected chi connectivity index (χ1v) is 7.73. The normalized spacial score (nSPS) is 22.3. The molecule has 2 amide bonds. The van der Waals surface area contributed by atoms with Crippen LogP contribution in [-0.2, 0) is 0 Å². The second-order valence-electron chi connectivity index (χ2n) is 5.87. The summed E-state index contributed by atoms with van der Waals surface area (Å²) < 4.78 is 43.7. The minimum Gasteiger partial charge on any atom is -0.494 e. The van der Waals surface area contributed by atoms with Crippen molar-refractivity contribution in [3.63, 3.8) is 0 Å². The topological polar surface area (TPSA) is 61.8 Å². The molecule has 2 unspecified atom stereocenters. The molecule has 0 spiro atoms. The number of nitrogens with zero attached hydrogens (tertiary/aromatic N) is 1. The first-order valence-electron chi connectivity index (χ1n) is 7.73. The summed E-state index contributed by atoms with van der Waals surface area (Å²) in [6.45, 7) is 3.26. The van der Waals surface area contributed by atoms with E-state index in [9.17, 15) is 23.1 Å². The Morgan fingerprint density at radius 2 is 2.04 bits per heavy atom. The number of urea groups is 1. The van der Waals surface area contributed by atoms with Gasteiger partial charge in [-0.15, -0.1) is 0 Å². The van der Waals surface area contributed by atoms with Gasteiger partial charge in [-0.05, 0) is 31.5 Å². The highest BCUT2D eigenvalue weighted by atomic mass is 19.4. The minimum absolute atomic E-state index is 0.141. The van der Waals surface area contributed by atoms with Gasteiger partial charge in [0.2, 0.25) is 0 Å². The molecule has 0 aliphatic carbocycles. The molecule has 1 saturated heterocycles. The van der Waals surface area contributed by atoms with E-state index < -0.39 is 30.8 Å². The van der Waals surface area contributed by atoms with Gasteiger partial charge in [-0.2, -0.15) is 13.2 Å². The van der Waals surface area contributed by atoms with Crippen molar-refractivity contribution in [1.82, 2.24) is 10.2 Å². The van der Waals surface area contributed by atoms with Crippen LogP contribution in [0, 0.1) is 0 Å². The Morgan fingerprint density at radius 1 is 1.42 bits per heavy atom. The predicted molar refractivity (Wildman–Crippen MR) is 81.8 cm³/mol. The Bertz CT molecular complexity index is 577. The lowest BCUT2D eigenvalue weighted by atomic mass is 10.0. The number of hydrogen-bond acceptors (Lipinski definition) is 3. The van der Waals surface area contributed by atoms with Gasteiger partial charge in [-0.3, -0.25) is 0 Å². The van der Waals surface area contributed by atoms with Crippen molar-refractivity contribution in [2.75, 3.05) is 19.7 Å². The summed E-state index contributed by atoms with van der Waals surface area (Å²) in [5, 5.41) is 12.3. The maximum absolute atomic E-state index is 12.8. The number of likely N-dealkylation sites (tertiary alicyclic amines) is 1. The number of rotatable bonds is 4. The predicted octanol–water partition coefficient (Wildman–Crippen LogP) is 2.86. The van der Waals surface area contributed by atoms with Crippen LogP contribution >= 0.6 is 0 Å². The average molecular weight is 346 g/mol. The summed E-state index contributed by atoms with van der Waals surface area (Å²) >= 11 is 0. The van der Waals surface area contributed by atoms with Crippen LogP contribution in [0.3, 0.4) is 0 Å². The molecule has 2 rings (SSSR count). The molecule has 1 aromatic carbocycles. The van der Waals surface area contributed by atoms with Gasteiger partial charge >= 0.3 is 12.2 Å². The SMILES string of the molecule is CCOc1ccc(C(C)NC(=O)N2CCC(O)(C(F)(F)F)C2)cc1. The van der Waals surface area contributed by atoms with Crippen molar-refractivity contribution in [3.05, 3.63) is 29.8 Å². The van der Waals surface area contributed by atoms with Gasteiger partial charge in [0.1, 0.15) is 5.75 Å². The largest absolute Gasteiger partial charge is 0.494 e. The molecule has 1 aliphatic heterocycles. The first kappa shape index (κ1) is 18.4. The molecule has 0 radical (unpaired) electrons. The number of hydrogen-bond donors (Lipinski definition) is 2. The van der Waals surface area contributed by atoms with Gasteiger partial charge in [-0.1, -0.05) is 12.1 Å². The molecular weight excluding hydrogens is 325 g/mol. The minimum atomic E-state index is -4.75. The fourth-order valence-corrected chi connectivity index (χ4v) is 2.58. The Balaban J connectivity index is 1.95. The van der Waals surface area contributed by atoms with E-state index in [1.165, 1.54) is 0 Å². The molecule has 0 saturated carbocycles. The van der Waals surface area contributed by atoms with Crippen LogP contribution in [0.1, 0.15) is 31.9 Å². The summed E-state index contributed by atoms with van der Waals surface area (Å²) in [7, 11) is 0. The molecule has 1 aromatic rings. The lowest BCUT2D eigenvalue weighted by Gasteiger charge is -2.26. The van der Waals surface area contributed by atoms with E-state index in [1.807, 2.05) is 6.92 Å². The van der Waals surface area contributed by atoms with Crippen LogP contribution in [0.5, 0.6) is 5.75 Å². The van der Waals surface area contributed by atoms with E-state index in [0.29, 0.717) is 12.4 Å². The van der Waals surface area contributed by atoms with Crippen molar-refractivity contribution in [2.24, 2.45) is 0 Å². The van der Waals surface area contributed by atoms with E-state index in [0.717, 1.165) is 10.5 Å². The number of benzene rings is 1. The number of nitrogens with one attached hydrogen (secondary N) is 1. The van der Waals surface area contributed by atoms with E-state index in [4.69, 9.17) is 4.74 Å². The summed E-state index contributed by atoms with van der Waals surface area (Å²) in [4.78, 5) is 13.1. The number of aliphatic hydroxyl groups is 1. The zero-order chi connectivity index (χ0) is 18.0. The molecule has 1 fully saturated rings. The lowest BCUT2D eigenvalue weighted by molar-refractivity contribution is -0.253. The smallest absolute Gasteiger partial charge is 0.419 e. The molecule has 134 valence electrons. The highest BCUT2D eigenvalue weighted by molar-refractivity contribution is 5.75. The fourth-order valence-electron chi connectivity index (χ4n) is 2.58. The van der Waals surface area contributed by atoms with E-state index in [-0.39, 0.29) is 12.6 Å². The highest BCUT2D eigenvalue weighted by Gasteiger charge is 2.57. The van der Waals surface area contributed by atoms with Crippen molar-refractivity contribution in [3.8, 4) is 5.75 Å². The third kappa shape index (κ3) is 3.92. The van der Waals surface area contributed by atoms with Gasteiger partial charge in [0.25, 0.3) is 0 Å². The number of carbonyl (C=O) groups is 1. The highest BCUT2D eigenvalue weighted by Crippen LogP contribution is 2.37. The van der Waals surface area contributed by atoms with Crippen molar-refractivity contribution in [2.45, 2.75) is 38.1 Å². The summed E-state index contributed by atoms with van der Waals surface area (Å²) in [6, 6.07) is 6.08. The quantitative estimate of drug-likeness (QED) is 0.881. The standard InChI is InChI=1S/C16H21F3N2O3/c1-3-24-13-6-4-12(5-7-13)11(2)20-14(22)21-9-8-15(23,10-21)16(17,18)19/h4-7,11,23H,3,8-10H2,1-2H3,(H,20,22). The Labute approximate surface area is 138 Å². The average Bonchev–Trinajstić information content (AvgIpc) is 2.92. The maximum atomic E-state index is 12.8. The van der Waals surface area contributed by atoms with E-state index in [1.54, 1.807) is 31.2 Å². The number of ether oxygens (including phenoxy) is 1. The van der Waals surface area contributed by atoms with Gasteiger partial charge in [0, 0.05) is 13.0 Å². The molecule has 2 atom stereocenters. The lowest BCUT2D eigenvalue weighted by Crippen LogP contribution is -2.49. The third-order valence-electron chi connectivity index (χ3n) is 4.09. The number of β-amino-alcohol motifs (C(OH)–C–C–N with tert-alkyl or cyclic N) is 1. The van der Waals surface area contributed by atoms with Crippen LogP contribution in [0.25, 0.3) is 0 Å². The molecule has 8 heteroatoms. The van der Waals surface area contributed by atoms with Crippen LogP contribution in [0.4, 0.5) is 18.0 Å². The summed E-state index contributed by atoms with van der Waals surface area (Å²) in [5.74, 6) is 0.703. The second kappa shape index (κ2) is 6.88. The van der Waals surface area contributed by atoms with E-state index in [2.05, 4.69) is 5.32 Å². The Morgan fingerprint density at radius 3 is 2.54 bits per heavy atom. The van der Waals surface area contributed by atoms with Crippen molar-refractivity contribution in [1.29, 1.82) is 0 Å². The number of carbonyl (C=O) groups excluding carboxylic acids is 1. The summed E-state index contributed by atoms with van der Waals surface area (Å²) in [6.07, 6.45) is -5.26. The van der Waals surface area contributed by atoms with Gasteiger partial charge in [0.05, 0.1) is 19.2 Å². The van der Waals surface area contributed by atoms with Crippen molar-refractivity contribution >= 4 is 6.03 Å². The third-order valence-corrected chi connectivity index (χ3v) is 4.09.